The lowest BCUT2D eigenvalue weighted by atomic mass is 9.95. The zero-order valence-electron chi connectivity index (χ0n) is 21.9. The third kappa shape index (κ3) is 5.35. The van der Waals surface area contributed by atoms with Crippen molar-refractivity contribution in [3.63, 3.8) is 0 Å². The smallest absolute Gasteiger partial charge is 0.338 e. The van der Waals surface area contributed by atoms with E-state index in [9.17, 15) is 9.59 Å². The SMILES string of the molecule is CCOC(=O)C1=C(C)N=c2s/c(=C/c3ccc(-c4cccc(Cl)c4)o3)c(=O)n2[C@H]1c1ccccc1OC(C)C. The van der Waals surface area contributed by atoms with Gasteiger partial charge in [0.15, 0.2) is 4.80 Å². The number of ether oxygens (including phenoxy) is 2. The second-order valence-corrected chi connectivity index (χ2v) is 10.7. The molecule has 0 aliphatic carbocycles. The van der Waals surface area contributed by atoms with E-state index in [-0.39, 0.29) is 18.3 Å². The highest BCUT2D eigenvalue weighted by Gasteiger charge is 2.35. The van der Waals surface area contributed by atoms with Crippen LogP contribution < -0.4 is 19.6 Å². The van der Waals surface area contributed by atoms with Crippen molar-refractivity contribution in [3.05, 3.63) is 108 Å². The number of rotatable bonds is 7. The molecule has 1 aliphatic rings. The summed E-state index contributed by atoms with van der Waals surface area (Å²) in [5.74, 6) is 1.21. The lowest BCUT2D eigenvalue weighted by Gasteiger charge is -2.26. The van der Waals surface area contributed by atoms with E-state index in [1.54, 1.807) is 36.6 Å². The minimum Gasteiger partial charge on any atom is -0.491 e. The van der Waals surface area contributed by atoms with Crippen molar-refractivity contribution in [1.29, 1.82) is 0 Å². The summed E-state index contributed by atoms with van der Waals surface area (Å²) in [5, 5.41) is 0.605. The van der Waals surface area contributed by atoms with Crippen LogP contribution in [0.3, 0.4) is 0 Å². The minimum atomic E-state index is -0.768. The Hall–Kier alpha value is -3.88. The fourth-order valence-electron chi connectivity index (χ4n) is 4.51. The Morgan fingerprint density at radius 2 is 1.97 bits per heavy atom. The number of hydrogen-bond acceptors (Lipinski definition) is 7. The van der Waals surface area contributed by atoms with Crippen LogP contribution in [0.5, 0.6) is 5.75 Å². The van der Waals surface area contributed by atoms with Crippen LogP contribution in [0.25, 0.3) is 17.4 Å². The predicted molar refractivity (Wildman–Crippen MR) is 152 cm³/mol. The number of esters is 1. The first-order valence-corrected chi connectivity index (χ1v) is 13.8. The summed E-state index contributed by atoms with van der Waals surface area (Å²) in [6.07, 6.45) is 1.58. The van der Waals surface area contributed by atoms with Crippen LogP contribution in [0.4, 0.5) is 0 Å². The minimum absolute atomic E-state index is 0.106. The number of allylic oxidation sites excluding steroid dienone is 1. The highest BCUT2D eigenvalue weighted by molar-refractivity contribution is 7.07. The molecule has 39 heavy (non-hydrogen) atoms. The normalized spacial score (nSPS) is 15.3. The highest BCUT2D eigenvalue weighted by atomic mass is 35.5. The Kier molecular flexibility index (Phi) is 7.59. The van der Waals surface area contributed by atoms with Gasteiger partial charge in [0.05, 0.1) is 28.5 Å². The molecule has 200 valence electrons. The predicted octanol–water partition coefficient (Wildman–Crippen LogP) is 5.50. The van der Waals surface area contributed by atoms with Gasteiger partial charge in [0, 0.05) is 22.2 Å². The molecule has 4 aromatic rings. The highest BCUT2D eigenvalue weighted by Crippen LogP contribution is 2.36. The molecule has 1 aliphatic heterocycles. The molecule has 0 bridgehead atoms. The lowest BCUT2D eigenvalue weighted by molar-refractivity contribution is -0.139. The maximum Gasteiger partial charge on any atom is 0.338 e. The molecule has 2 aromatic heterocycles. The van der Waals surface area contributed by atoms with E-state index < -0.39 is 12.0 Å². The van der Waals surface area contributed by atoms with E-state index in [1.165, 1.54) is 11.3 Å². The van der Waals surface area contributed by atoms with Crippen LogP contribution in [0.2, 0.25) is 5.02 Å². The zero-order valence-corrected chi connectivity index (χ0v) is 23.5. The van der Waals surface area contributed by atoms with E-state index in [1.807, 2.05) is 62.4 Å². The largest absolute Gasteiger partial charge is 0.491 e. The number of para-hydroxylation sites is 1. The number of aromatic nitrogens is 1. The first-order chi connectivity index (χ1) is 18.8. The summed E-state index contributed by atoms with van der Waals surface area (Å²) < 4.78 is 19.5. The first kappa shape index (κ1) is 26.7. The van der Waals surface area contributed by atoms with Gasteiger partial charge in [0.2, 0.25) is 0 Å². The van der Waals surface area contributed by atoms with Crippen molar-refractivity contribution in [2.45, 2.75) is 39.8 Å². The second-order valence-electron chi connectivity index (χ2n) is 9.22. The maximum absolute atomic E-state index is 13.9. The van der Waals surface area contributed by atoms with Crippen LogP contribution in [0.1, 0.15) is 45.1 Å². The van der Waals surface area contributed by atoms with Crippen molar-refractivity contribution in [1.82, 2.24) is 4.57 Å². The van der Waals surface area contributed by atoms with Gasteiger partial charge in [0.25, 0.3) is 5.56 Å². The molecular formula is C30H27ClN2O5S. The third-order valence-corrected chi connectivity index (χ3v) is 7.32. The molecule has 0 saturated carbocycles. The number of thiazole rings is 1. The van der Waals surface area contributed by atoms with Gasteiger partial charge in [-0.1, -0.05) is 53.3 Å². The van der Waals surface area contributed by atoms with Crippen LogP contribution in [0, 0.1) is 0 Å². The fraction of sp³-hybridized carbons (Fsp3) is 0.233. The molecule has 5 rings (SSSR count). The molecular weight excluding hydrogens is 536 g/mol. The molecule has 9 heteroatoms. The molecule has 0 unspecified atom stereocenters. The summed E-state index contributed by atoms with van der Waals surface area (Å²) in [7, 11) is 0. The standard InChI is InChI=1S/C30H27ClN2O5S/c1-5-36-29(35)26-18(4)32-30-33(27(26)22-11-6-7-12-24(22)37-17(2)3)28(34)25(39-30)16-21-13-14-23(38-21)19-9-8-10-20(31)15-19/h6-17,27H,5H2,1-4H3/b25-16+/t27-/m0/s1. The van der Waals surface area contributed by atoms with Gasteiger partial charge in [-0.25, -0.2) is 9.79 Å². The molecule has 7 nitrogen and oxygen atoms in total. The van der Waals surface area contributed by atoms with Crippen molar-refractivity contribution in [2.75, 3.05) is 6.61 Å². The van der Waals surface area contributed by atoms with Crippen LogP contribution in [0.15, 0.2) is 86.1 Å². The van der Waals surface area contributed by atoms with E-state index in [0.29, 0.717) is 48.5 Å². The maximum atomic E-state index is 13.9. The number of furan rings is 1. The van der Waals surface area contributed by atoms with Gasteiger partial charge in [-0.2, -0.15) is 0 Å². The number of fused-ring (bicyclic) bond motifs is 1. The van der Waals surface area contributed by atoms with Crippen molar-refractivity contribution < 1.29 is 18.7 Å². The average molecular weight is 563 g/mol. The van der Waals surface area contributed by atoms with Crippen molar-refractivity contribution >= 4 is 35.0 Å². The van der Waals surface area contributed by atoms with E-state index >= 15 is 0 Å². The monoisotopic (exact) mass is 562 g/mol. The van der Waals surface area contributed by atoms with Gasteiger partial charge in [-0.3, -0.25) is 9.36 Å². The summed E-state index contributed by atoms with van der Waals surface area (Å²) in [6.45, 7) is 7.55. The molecule has 0 radical (unpaired) electrons. The number of carbonyl (C=O) groups is 1. The van der Waals surface area contributed by atoms with Gasteiger partial charge < -0.3 is 13.9 Å². The molecule has 2 aromatic carbocycles. The van der Waals surface area contributed by atoms with Crippen molar-refractivity contribution in [3.8, 4) is 17.1 Å². The molecule has 3 heterocycles. The molecule has 0 amide bonds. The van der Waals surface area contributed by atoms with Gasteiger partial charge in [-0.05, 0) is 58.0 Å². The van der Waals surface area contributed by atoms with E-state index in [0.717, 1.165) is 5.56 Å². The zero-order chi connectivity index (χ0) is 27.7. The third-order valence-electron chi connectivity index (χ3n) is 6.10. The van der Waals surface area contributed by atoms with E-state index in [4.69, 9.17) is 25.5 Å². The van der Waals surface area contributed by atoms with Gasteiger partial charge in [0.1, 0.15) is 23.3 Å². The molecule has 1 atom stereocenters. The van der Waals surface area contributed by atoms with Gasteiger partial charge >= 0.3 is 5.97 Å². The Balaban J connectivity index is 1.67. The fourth-order valence-corrected chi connectivity index (χ4v) is 5.73. The number of benzene rings is 2. The summed E-state index contributed by atoms with van der Waals surface area (Å²) in [6, 6.07) is 17.6. The average Bonchev–Trinajstić information content (AvgIpc) is 3.48. The van der Waals surface area contributed by atoms with Crippen LogP contribution >= 0.6 is 22.9 Å². The Bertz CT molecular complexity index is 1760. The van der Waals surface area contributed by atoms with Gasteiger partial charge in [-0.15, -0.1) is 0 Å². The molecule has 0 spiro atoms. The van der Waals surface area contributed by atoms with Crippen LogP contribution in [-0.4, -0.2) is 23.2 Å². The Morgan fingerprint density at radius 1 is 1.18 bits per heavy atom. The van der Waals surface area contributed by atoms with Crippen molar-refractivity contribution in [2.24, 2.45) is 4.99 Å². The molecule has 0 fully saturated rings. The summed E-state index contributed by atoms with van der Waals surface area (Å²) >= 11 is 7.36. The second kappa shape index (κ2) is 11.1. The Morgan fingerprint density at radius 3 is 2.72 bits per heavy atom. The summed E-state index contributed by atoms with van der Waals surface area (Å²) in [5.41, 5.74) is 2.01. The van der Waals surface area contributed by atoms with E-state index in [2.05, 4.69) is 4.99 Å². The summed E-state index contributed by atoms with van der Waals surface area (Å²) in [4.78, 5) is 32.2. The number of carbonyl (C=O) groups excluding carboxylic acids is 1. The topological polar surface area (TPSA) is 83.0 Å². The lowest BCUT2D eigenvalue weighted by Crippen LogP contribution is -2.40. The Labute approximate surface area is 234 Å². The number of hydrogen-bond donors (Lipinski definition) is 0. The number of nitrogens with zero attached hydrogens (tertiary/aromatic N) is 2. The molecule has 0 saturated heterocycles. The molecule has 0 N–H and O–H groups in total. The quantitative estimate of drug-likeness (QED) is 0.278. The first-order valence-electron chi connectivity index (χ1n) is 12.6. The van der Waals surface area contributed by atoms with Crippen LogP contribution in [-0.2, 0) is 9.53 Å². The number of halogens is 1.